The van der Waals surface area contributed by atoms with Crippen molar-refractivity contribution in [2.45, 2.75) is 44.7 Å². The number of halogens is 2. The predicted octanol–water partition coefficient (Wildman–Crippen LogP) is 4.85. The molecule has 2 unspecified atom stereocenters. The molecule has 4 bridgehead atoms. The fourth-order valence-corrected chi connectivity index (χ4v) is 7.19. The average molecular weight is 563 g/mol. The molecule has 8 nitrogen and oxygen atoms in total. The number of aryl methyl sites for hydroxylation is 1. The van der Waals surface area contributed by atoms with E-state index in [0.717, 1.165) is 18.5 Å². The number of allylic oxidation sites excluding steroid dienone is 1. The summed E-state index contributed by atoms with van der Waals surface area (Å²) in [5.74, 6) is 5.50. The standard InChI is InChI=1S/C29H28F2N6O2S/c1-28(2)19-12-13-29(28,24-9-5-8-22(34-24)27-32-17-33-37(27)14-15-40(3,38)39)25-11-10-18(19)16-23(35-36-25)26-20(30)6-4-7-21(26)31/h4-9,16-19,25H,12-15H2,1-3H3/b23-16-,36-35-/t18?,19-,25?,29-/m0/s1. The lowest BCUT2D eigenvalue weighted by Gasteiger charge is -2.45. The lowest BCUT2D eigenvalue weighted by molar-refractivity contribution is 0.122. The summed E-state index contributed by atoms with van der Waals surface area (Å²) in [6.45, 7) is 4.52. The van der Waals surface area contributed by atoms with E-state index in [1.54, 1.807) is 10.8 Å². The molecule has 2 aromatic heterocycles. The molecule has 3 aromatic rings. The molecule has 0 spiro atoms. The van der Waals surface area contributed by atoms with Crippen LogP contribution >= 0.6 is 0 Å². The minimum atomic E-state index is -3.19. The van der Waals surface area contributed by atoms with Crippen LogP contribution in [0, 0.1) is 40.7 Å². The smallest absolute Gasteiger partial charge is 0.176 e. The van der Waals surface area contributed by atoms with E-state index < -0.39 is 32.9 Å². The molecule has 3 heterocycles. The molecular formula is C29H28F2N6O2S. The van der Waals surface area contributed by atoms with Gasteiger partial charge in [-0.2, -0.15) is 15.3 Å². The molecule has 206 valence electrons. The Kier molecular flexibility index (Phi) is 6.22. The second-order valence-electron chi connectivity index (χ2n) is 11.3. The number of fused-ring (bicyclic) bond motifs is 6. The monoisotopic (exact) mass is 562 g/mol. The van der Waals surface area contributed by atoms with Crippen LogP contribution in [0.3, 0.4) is 0 Å². The minimum Gasteiger partial charge on any atom is -0.249 e. The number of benzene rings is 1. The topological polar surface area (TPSA) is 102 Å². The van der Waals surface area contributed by atoms with Crippen molar-refractivity contribution in [1.82, 2.24) is 19.7 Å². The Morgan fingerprint density at radius 3 is 2.60 bits per heavy atom. The van der Waals surface area contributed by atoms with Gasteiger partial charge in [-0.1, -0.05) is 37.8 Å². The molecular weight excluding hydrogens is 534 g/mol. The van der Waals surface area contributed by atoms with Crippen molar-refractivity contribution in [3.8, 4) is 23.4 Å². The zero-order valence-corrected chi connectivity index (χ0v) is 23.2. The Hall–Kier alpha value is -3.78. The molecule has 1 saturated carbocycles. The number of pyridine rings is 1. The van der Waals surface area contributed by atoms with E-state index in [1.807, 2.05) is 18.2 Å². The Morgan fingerprint density at radius 1 is 1.10 bits per heavy atom. The molecule has 1 aromatic carbocycles. The van der Waals surface area contributed by atoms with Crippen LogP contribution in [-0.2, 0) is 21.8 Å². The highest BCUT2D eigenvalue weighted by atomic mass is 32.2. The van der Waals surface area contributed by atoms with Gasteiger partial charge < -0.3 is 0 Å². The largest absolute Gasteiger partial charge is 0.249 e. The Bertz CT molecular complexity index is 1720. The first-order chi connectivity index (χ1) is 19.0. The molecule has 40 heavy (non-hydrogen) atoms. The van der Waals surface area contributed by atoms with Crippen molar-refractivity contribution in [2.75, 3.05) is 12.0 Å². The van der Waals surface area contributed by atoms with Crippen LogP contribution in [0.5, 0.6) is 0 Å². The highest BCUT2D eigenvalue weighted by molar-refractivity contribution is 7.90. The zero-order valence-electron chi connectivity index (χ0n) is 22.3. The van der Waals surface area contributed by atoms with Gasteiger partial charge >= 0.3 is 0 Å². The maximum atomic E-state index is 14.8. The summed E-state index contributed by atoms with van der Waals surface area (Å²) in [5.41, 5.74) is 0.287. The van der Waals surface area contributed by atoms with E-state index in [4.69, 9.17) is 4.98 Å². The Labute approximate surface area is 231 Å². The number of azo groups is 1. The van der Waals surface area contributed by atoms with Crippen molar-refractivity contribution < 1.29 is 17.2 Å². The fraction of sp³-hybridized carbons (Fsp3) is 0.414. The van der Waals surface area contributed by atoms with Gasteiger partial charge in [0.1, 0.15) is 39.5 Å². The van der Waals surface area contributed by atoms with Gasteiger partial charge in [0.2, 0.25) is 0 Å². The van der Waals surface area contributed by atoms with Crippen LogP contribution in [0.4, 0.5) is 8.78 Å². The van der Waals surface area contributed by atoms with Gasteiger partial charge in [-0.3, -0.25) is 0 Å². The van der Waals surface area contributed by atoms with Crippen molar-refractivity contribution >= 4 is 15.5 Å². The average Bonchev–Trinajstić information content (AvgIpc) is 3.44. The maximum absolute atomic E-state index is 14.8. The molecule has 6 rings (SSSR count). The Morgan fingerprint density at radius 2 is 1.85 bits per heavy atom. The number of sulfone groups is 1. The molecule has 0 N–H and O–H groups in total. The van der Waals surface area contributed by atoms with Gasteiger partial charge in [-0.05, 0) is 54.5 Å². The lowest BCUT2D eigenvalue weighted by atomic mass is 9.58. The van der Waals surface area contributed by atoms with Crippen LogP contribution in [0.25, 0.3) is 17.2 Å². The van der Waals surface area contributed by atoms with Gasteiger partial charge in [0.15, 0.2) is 5.82 Å². The molecule has 2 aliphatic carbocycles. The SMILES string of the molecule is CC1(C)[C@H]2CC[C@]1(c1cccc(-c3ncnn3CCS(C)(=O)=O)n1)C1C#CC2/C=C(c2c(F)cccc2F)\N=N/1. The first-order valence-electron chi connectivity index (χ1n) is 13.1. The molecule has 0 saturated heterocycles. The van der Waals surface area contributed by atoms with Gasteiger partial charge in [0, 0.05) is 12.2 Å². The third kappa shape index (κ3) is 4.17. The van der Waals surface area contributed by atoms with Crippen LogP contribution in [-0.4, -0.2) is 46.2 Å². The Balaban J connectivity index is 1.45. The molecule has 11 heteroatoms. The summed E-state index contributed by atoms with van der Waals surface area (Å²) in [6, 6.07) is 8.84. The summed E-state index contributed by atoms with van der Waals surface area (Å²) >= 11 is 0. The number of aromatic nitrogens is 4. The quantitative estimate of drug-likeness (QED) is 0.400. The lowest BCUT2D eigenvalue weighted by Crippen LogP contribution is -2.48. The van der Waals surface area contributed by atoms with Crippen molar-refractivity contribution in [3.63, 3.8) is 0 Å². The van der Waals surface area contributed by atoms with Crippen molar-refractivity contribution in [3.05, 3.63) is 71.7 Å². The first kappa shape index (κ1) is 26.4. The van der Waals surface area contributed by atoms with Gasteiger partial charge in [0.25, 0.3) is 0 Å². The number of hydrogen-bond acceptors (Lipinski definition) is 7. The summed E-state index contributed by atoms with van der Waals surface area (Å²) in [4.78, 5) is 9.42. The summed E-state index contributed by atoms with van der Waals surface area (Å²) in [5, 5.41) is 13.3. The normalized spacial score (nSPS) is 28.5. The highest BCUT2D eigenvalue weighted by Crippen LogP contribution is 2.63. The van der Waals surface area contributed by atoms with Crippen LogP contribution in [0.2, 0.25) is 0 Å². The van der Waals surface area contributed by atoms with Gasteiger partial charge in [-0.25, -0.2) is 31.8 Å². The maximum Gasteiger partial charge on any atom is 0.176 e. The minimum absolute atomic E-state index is 0.0704. The predicted molar refractivity (Wildman–Crippen MR) is 145 cm³/mol. The van der Waals surface area contributed by atoms with Crippen LogP contribution < -0.4 is 0 Å². The van der Waals surface area contributed by atoms with E-state index >= 15 is 0 Å². The van der Waals surface area contributed by atoms with E-state index in [2.05, 4.69) is 46.0 Å². The molecule has 1 fully saturated rings. The second-order valence-corrected chi connectivity index (χ2v) is 13.5. The molecule has 0 amide bonds. The van der Waals surface area contributed by atoms with E-state index in [0.29, 0.717) is 11.5 Å². The molecule has 0 radical (unpaired) electrons. The number of hydrogen-bond donors (Lipinski definition) is 0. The summed E-state index contributed by atoms with van der Waals surface area (Å²) < 4.78 is 54.5. The fourth-order valence-electron chi connectivity index (χ4n) is 6.68. The second kappa shape index (κ2) is 9.41. The molecule has 3 aliphatic rings. The summed E-state index contributed by atoms with van der Waals surface area (Å²) in [7, 11) is -3.19. The van der Waals surface area contributed by atoms with Crippen molar-refractivity contribution in [1.29, 1.82) is 0 Å². The zero-order chi connectivity index (χ0) is 28.3. The third-order valence-electron chi connectivity index (χ3n) is 8.78. The van der Waals surface area contributed by atoms with Crippen molar-refractivity contribution in [2.24, 2.45) is 27.5 Å². The first-order valence-corrected chi connectivity index (χ1v) is 15.2. The third-order valence-corrected chi connectivity index (χ3v) is 9.70. The van der Waals surface area contributed by atoms with Crippen LogP contribution in [0.1, 0.15) is 37.9 Å². The van der Waals surface area contributed by atoms with E-state index in [1.165, 1.54) is 30.8 Å². The summed E-state index contributed by atoms with van der Waals surface area (Å²) in [6.07, 6.45) is 5.92. The van der Waals surface area contributed by atoms with Gasteiger partial charge in [0.05, 0.1) is 34.7 Å². The molecule has 1 aliphatic heterocycles. The highest BCUT2D eigenvalue weighted by Gasteiger charge is 2.62. The number of nitrogens with zero attached hydrogens (tertiary/aromatic N) is 6. The van der Waals surface area contributed by atoms with E-state index in [-0.39, 0.29) is 40.8 Å². The molecule has 4 atom stereocenters. The van der Waals surface area contributed by atoms with Crippen LogP contribution in [0.15, 0.2) is 59.0 Å². The van der Waals surface area contributed by atoms with Gasteiger partial charge in [-0.15, -0.1) is 0 Å². The number of rotatable bonds is 6. The van der Waals surface area contributed by atoms with E-state index in [9.17, 15) is 17.2 Å².